The Morgan fingerprint density at radius 1 is 1.23 bits per heavy atom. The van der Waals surface area contributed by atoms with Crippen LogP contribution in [0.25, 0.3) is 0 Å². The number of carbonyl (C=O) groups is 1. The number of aryl methyl sites for hydroxylation is 3. The number of carbonyl (C=O) groups excluding carboxylic acids is 1. The van der Waals surface area contributed by atoms with E-state index in [1.165, 1.54) is 0 Å². The molecule has 2 rings (SSSR count). The van der Waals surface area contributed by atoms with Crippen molar-refractivity contribution in [3.8, 4) is 5.75 Å². The maximum atomic E-state index is 12.4. The number of ether oxygens (including phenoxy) is 1. The maximum absolute atomic E-state index is 12.4. The van der Waals surface area contributed by atoms with E-state index in [2.05, 4.69) is 5.10 Å². The van der Waals surface area contributed by atoms with Crippen LogP contribution < -0.4 is 4.74 Å². The van der Waals surface area contributed by atoms with Crippen molar-refractivity contribution in [3.63, 3.8) is 0 Å². The summed E-state index contributed by atoms with van der Waals surface area (Å²) >= 11 is 0. The molecule has 1 heterocycles. The third kappa shape index (κ3) is 3.66. The van der Waals surface area contributed by atoms with Crippen LogP contribution in [0.2, 0.25) is 0 Å². The summed E-state index contributed by atoms with van der Waals surface area (Å²) in [5, 5.41) is 3.31. The lowest BCUT2D eigenvalue weighted by atomic mass is 10.1. The summed E-state index contributed by atoms with van der Waals surface area (Å²) in [6.07, 6.45) is -3.43. The van der Waals surface area contributed by atoms with Crippen molar-refractivity contribution in [3.05, 3.63) is 46.8 Å². The van der Waals surface area contributed by atoms with Crippen molar-refractivity contribution in [2.45, 2.75) is 33.5 Å². The summed E-state index contributed by atoms with van der Waals surface area (Å²) in [5.41, 5.74) is 1.59. The van der Waals surface area contributed by atoms with Gasteiger partial charge in [-0.2, -0.15) is 18.3 Å². The van der Waals surface area contributed by atoms with Crippen molar-refractivity contribution >= 4 is 5.97 Å². The highest BCUT2D eigenvalue weighted by Gasteiger charge is 2.33. The second-order valence-electron chi connectivity index (χ2n) is 5.10. The fourth-order valence-corrected chi connectivity index (χ4v) is 2.21. The lowest BCUT2D eigenvalue weighted by Crippen LogP contribution is -2.18. The van der Waals surface area contributed by atoms with Gasteiger partial charge in [-0.25, -0.2) is 4.79 Å². The van der Waals surface area contributed by atoms with E-state index in [1.807, 2.05) is 19.1 Å². The van der Waals surface area contributed by atoms with Crippen LogP contribution >= 0.6 is 0 Å². The van der Waals surface area contributed by atoms with Gasteiger partial charge in [-0.1, -0.05) is 17.7 Å². The van der Waals surface area contributed by atoms with E-state index in [0.29, 0.717) is 5.75 Å². The maximum Gasteiger partial charge on any atom is 0.435 e. The Morgan fingerprint density at radius 2 is 1.82 bits per heavy atom. The van der Waals surface area contributed by atoms with Crippen LogP contribution in [0.15, 0.2) is 24.4 Å². The molecule has 0 saturated carbocycles. The molecule has 0 aliphatic carbocycles. The summed E-state index contributed by atoms with van der Waals surface area (Å²) in [6.45, 7) is 5.15. The predicted octanol–water partition coefficient (Wildman–Crippen LogP) is 3.43. The zero-order chi connectivity index (χ0) is 16.5. The monoisotopic (exact) mass is 312 g/mol. The Labute approximate surface area is 125 Å². The molecule has 0 unspecified atom stereocenters. The number of rotatable bonds is 3. The van der Waals surface area contributed by atoms with E-state index in [1.54, 1.807) is 13.8 Å². The van der Waals surface area contributed by atoms with E-state index in [-0.39, 0.29) is 6.54 Å². The molecule has 118 valence electrons. The van der Waals surface area contributed by atoms with Gasteiger partial charge in [0.05, 0.1) is 0 Å². The minimum absolute atomic E-state index is 0.386. The Balaban J connectivity index is 2.09. The molecule has 0 fully saturated rings. The number of aromatic nitrogens is 2. The minimum atomic E-state index is -4.53. The first kappa shape index (κ1) is 16.1. The summed E-state index contributed by atoms with van der Waals surface area (Å²) < 4.78 is 43.5. The van der Waals surface area contributed by atoms with Crippen LogP contribution in [-0.2, 0) is 17.5 Å². The van der Waals surface area contributed by atoms with E-state index < -0.39 is 17.8 Å². The van der Waals surface area contributed by atoms with E-state index >= 15 is 0 Å². The fraction of sp³-hybridized carbons (Fsp3) is 0.333. The number of esters is 1. The van der Waals surface area contributed by atoms with Crippen molar-refractivity contribution in [2.24, 2.45) is 0 Å². The molecule has 4 nitrogen and oxygen atoms in total. The number of benzene rings is 1. The number of halogens is 3. The van der Waals surface area contributed by atoms with Gasteiger partial charge in [-0.05, 0) is 38.0 Å². The van der Waals surface area contributed by atoms with Gasteiger partial charge in [-0.15, -0.1) is 0 Å². The van der Waals surface area contributed by atoms with Gasteiger partial charge in [0.15, 0.2) is 5.69 Å². The highest BCUT2D eigenvalue weighted by Crippen LogP contribution is 2.27. The summed E-state index contributed by atoms with van der Waals surface area (Å²) in [6, 6.07) is 4.55. The Hall–Kier alpha value is -2.31. The molecule has 0 saturated heterocycles. The molecule has 0 radical (unpaired) electrons. The molecule has 0 atom stereocenters. The molecule has 0 spiro atoms. The van der Waals surface area contributed by atoms with Gasteiger partial charge in [-0.3, -0.25) is 4.68 Å². The van der Waals surface area contributed by atoms with Crippen LogP contribution in [-0.4, -0.2) is 15.7 Å². The van der Waals surface area contributed by atoms with Crippen molar-refractivity contribution in [1.29, 1.82) is 0 Å². The summed E-state index contributed by atoms with van der Waals surface area (Å²) in [4.78, 5) is 11.9. The predicted molar refractivity (Wildman–Crippen MR) is 73.5 cm³/mol. The lowest BCUT2D eigenvalue weighted by molar-refractivity contribution is -0.142. The van der Waals surface area contributed by atoms with Crippen molar-refractivity contribution in [2.75, 3.05) is 0 Å². The molecular formula is C15H15F3N2O2. The second-order valence-corrected chi connectivity index (χ2v) is 5.10. The first-order chi connectivity index (χ1) is 10.2. The molecular weight excluding hydrogens is 297 g/mol. The normalized spacial score (nSPS) is 11.5. The first-order valence-electron chi connectivity index (χ1n) is 6.56. The van der Waals surface area contributed by atoms with E-state index in [9.17, 15) is 18.0 Å². The second kappa shape index (κ2) is 5.82. The topological polar surface area (TPSA) is 44.1 Å². The highest BCUT2D eigenvalue weighted by molar-refractivity contribution is 5.73. The molecule has 0 amide bonds. The molecule has 1 aromatic heterocycles. The molecule has 2 aromatic rings. The van der Waals surface area contributed by atoms with Gasteiger partial charge in [0, 0.05) is 6.20 Å². The van der Waals surface area contributed by atoms with E-state index in [0.717, 1.165) is 33.6 Å². The average Bonchev–Trinajstić information content (AvgIpc) is 2.82. The van der Waals surface area contributed by atoms with Crippen LogP contribution in [0.3, 0.4) is 0 Å². The Kier molecular flexibility index (Phi) is 4.25. The number of hydrogen-bond acceptors (Lipinski definition) is 3. The molecule has 22 heavy (non-hydrogen) atoms. The largest absolute Gasteiger partial charge is 0.435 e. The van der Waals surface area contributed by atoms with Crippen molar-refractivity contribution in [1.82, 2.24) is 9.78 Å². The SMILES string of the molecule is Cc1cc(C)c(OC(=O)Cn2ccc(C(F)(F)F)n2)c(C)c1. The third-order valence-corrected chi connectivity index (χ3v) is 3.04. The smallest absolute Gasteiger partial charge is 0.425 e. The van der Waals surface area contributed by atoms with Crippen molar-refractivity contribution < 1.29 is 22.7 Å². The van der Waals surface area contributed by atoms with E-state index in [4.69, 9.17) is 4.74 Å². The minimum Gasteiger partial charge on any atom is -0.425 e. The van der Waals surface area contributed by atoms with Gasteiger partial charge in [0.1, 0.15) is 12.3 Å². The molecule has 7 heteroatoms. The summed E-state index contributed by atoms with van der Waals surface area (Å²) in [5.74, 6) is -0.245. The van der Waals surface area contributed by atoms with Gasteiger partial charge in [0.25, 0.3) is 0 Å². The lowest BCUT2D eigenvalue weighted by Gasteiger charge is -2.11. The number of hydrogen-bond donors (Lipinski definition) is 0. The third-order valence-electron chi connectivity index (χ3n) is 3.04. The zero-order valence-electron chi connectivity index (χ0n) is 12.4. The molecule has 1 aromatic carbocycles. The van der Waals surface area contributed by atoms with Gasteiger partial charge < -0.3 is 4.74 Å². The average molecular weight is 312 g/mol. The van der Waals surface area contributed by atoms with Crippen LogP contribution in [0, 0.1) is 20.8 Å². The zero-order valence-corrected chi connectivity index (χ0v) is 12.4. The quantitative estimate of drug-likeness (QED) is 0.644. The number of alkyl halides is 3. The molecule has 0 N–H and O–H groups in total. The van der Waals surface area contributed by atoms with Gasteiger partial charge in [0.2, 0.25) is 0 Å². The highest BCUT2D eigenvalue weighted by atomic mass is 19.4. The summed E-state index contributed by atoms with van der Waals surface area (Å²) in [7, 11) is 0. The van der Waals surface area contributed by atoms with Gasteiger partial charge >= 0.3 is 12.1 Å². The number of nitrogens with zero attached hydrogens (tertiary/aromatic N) is 2. The molecule has 0 bridgehead atoms. The Bertz CT molecular complexity index is 682. The fourth-order valence-electron chi connectivity index (χ4n) is 2.21. The van der Waals surface area contributed by atoms with Crippen LogP contribution in [0.4, 0.5) is 13.2 Å². The van der Waals surface area contributed by atoms with Crippen LogP contribution in [0.1, 0.15) is 22.4 Å². The van der Waals surface area contributed by atoms with Crippen LogP contribution in [0.5, 0.6) is 5.75 Å². The Morgan fingerprint density at radius 3 is 2.32 bits per heavy atom. The standard InChI is InChI=1S/C15H15F3N2O2/c1-9-6-10(2)14(11(3)7-9)22-13(21)8-20-5-4-12(19-20)15(16,17)18/h4-7H,8H2,1-3H3. The molecule has 0 aliphatic rings. The first-order valence-corrected chi connectivity index (χ1v) is 6.56. The molecule has 0 aliphatic heterocycles.